The molecule has 1 N–H and O–H groups in total. The molecule has 1 saturated heterocycles. The molecule has 2 aliphatic rings. The Morgan fingerprint density at radius 3 is 2.27 bits per heavy atom. The van der Waals surface area contributed by atoms with E-state index in [1.807, 2.05) is 0 Å². The van der Waals surface area contributed by atoms with Gasteiger partial charge < -0.3 is 10.0 Å². The third-order valence-electron chi connectivity index (χ3n) is 4.13. The first-order chi connectivity index (χ1) is 6.98. The summed E-state index contributed by atoms with van der Waals surface area (Å²) in [6, 6.07) is 0.558. The van der Waals surface area contributed by atoms with Crippen LogP contribution in [-0.2, 0) is 4.79 Å². The maximum absolute atomic E-state index is 10.7. The molecule has 3 nitrogen and oxygen atoms in total. The van der Waals surface area contributed by atoms with Crippen LogP contribution in [0.2, 0.25) is 0 Å². The summed E-state index contributed by atoms with van der Waals surface area (Å²) in [6.07, 6.45) is 4.24. The summed E-state index contributed by atoms with van der Waals surface area (Å²) in [5, 5.41) is 8.81. The molecule has 0 spiro atoms. The third-order valence-corrected chi connectivity index (χ3v) is 4.13. The van der Waals surface area contributed by atoms with Gasteiger partial charge in [0.25, 0.3) is 0 Å². The van der Waals surface area contributed by atoms with Gasteiger partial charge in [0.2, 0.25) is 0 Å². The van der Waals surface area contributed by atoms with Crippen LogP contribution in [-0.4, -0.2) is 35.1 Å². The van der Waals surface area contributed by atoms with Crippen LogP contribution >= 0.6 is 0 Å². The number of carbonyl (C=O) groups is 1. The largest absolute Gasteiger partial charge is 0.481 e. The van der Waals surface area contributed by atoms with E-state index >= 15 is 0 Å². The molecule has 2 rings (SSSR count). The summed E-state index contributed by atoms with van der Waals surface area (Å²) in [5.74, 6) is -0.673. The van der Waals surface area contributed by atoms with Gasteiger partial charge >= 0.3 is 5.97 Å². The summed E-state index contributed by atoms with van der Waals surface area (Å²) in [5.41, 5.74) is 0.493. The molecule has 0 bridgehead atoms. The lowest BCUT2D eigenvalue weighted by atomic mass is 9.76. The first-order valence-electron chi connectivity index (χ1n) is 5.95. The van der Waals surface area contributed by atoms with Gasteiger partial charge in [-0.25, -0.2) is 0 Å². The molecule has 0 atom stereocenters. The second-order valence-corrected chi connectivity index (χ2v) is 5.86. The Kier molecular flexibility index (Phi) is 2.75. The van der Waals surface area contributed by atoms with Crippen molar-refractivity contribution in [2.45, 2.75) is 45.6 Å². The van der Waals surface area contributed by atoms with E-state index in [0.29, 0.717) is 11.5 Å². The van der Waals surface area contributed by atoms with E-state index < -0.39 is 5.97 Å². The minimum atomic E-state index is -0.608. The van der Waals surface area contributed by atoms with Crippen molar-refractivity contribution in [1.82, 2.24) is 4.90 Å². The molecule has 0 radical (unpaired) electrons. The van der Waals surface area contributed by atoms with Crippen molar-refractivity contribution in [2.75, 3.05) is 13.1 Å². The fourth-order valence-electron chi connectivity index (χ4n) is 2.58. The van der Waals surface area contributed by atoms with Crippen molar-refractivity contribution in [2.24, 2.45) is 11.3 Å². The second-order valence-electron chi connectivity index (χ2n) is 5.86. The lowest BCUT2D eigenvalue weighted by Gasteiger charge is -2.46. The van der Waals surface area contributed by atoms with Crippen molar-refractivity contribution in [3.8, 4) is 0 Å². The lowest BCUT2D eigenvalue weighted by Crippen LogP contribution is -2.50. The van der Waals surface area contributed by atoms with Gasteiger partial charge in [-0.05, 0) is 44.2 Å². The average molecular weight is 211 g/mol. The predicted octanol–water partition coefficient (Wildman–Crippen LogP) is 1.97. The van der Waals surface area contributed by atoms with Crippen LogP contribution in [0.3, 0.4) is 0 Å². The Morgan fingerprint density at radius 1 is 1.27 bits per heavy atom. The normalized spacial score (nSPS) is 35.9. The zero-order chi connectivity index (χ0) is 11.1. The molecule has 0 aromatic rings. The van der Waals surface area contributed by atoms with Crippen LogP contribution in [0.15, 0.2) is 0 Å². The molecule has 0 aromatic carbocycles. The number of hydrogen-bond donors (Lipinski definition) is 1. The maximum atomic E-state index is 10.7. The van der Waals surface area contributed by atoms with Crippen LogP contribution < -0.4 is 0 Å². The molecule has 86 valence electrons. The Bertz CT molecular complexity index is 246. The van der Waals surface area contributed by atoms with E-state index in [1.165, 1.54) is 12.8 Å². The molecule has 2 fully saturated rings. The Labute approximate surface area is 91.5 Å². The van der Waals surface area contributed by atoms with Crippen molar-refractivity contribution in [3.05, 3.63) is 0 Å². The smallest absolute Gasteiger partial charge is 0.306 e. The van der Waals surface area contributed by atoms with Crippen LogP contribution in [0.5, 0.6) is 0 Å². The highest BCUT2D eigenvalue weighted by Crippen LogP contribution is 2.37. The number of hydrogen-bond acceptors (Lipinski definition) is 2. The number of rotatable bonds is 2. The number of carboxylic acid groups (broad SMARTS) is 1. The number of aliphatic carboxylic acids is 1. The van der Waals surface area contributed by atoms with Gasteiger partial charge in [0.1, 0.15) is 0 Å². The van der Waals surface area contributed by atoms with E-state index in [-0.39, 0.29) is 5.92 Å². The predicted molar refractivity (Wildman–Crippen MR) is 58.7 cm³/mol. The van der Waals surface area contributed by atoms with Gasteiger partial charge in [0, 0.05) is 6.04 Å². The summed E-state index contributed by atoms with van der Waals surface area (Å²) >= 11 is 0. The van der Waals surface area contributed by atoms with Crippen molar-refractivity contribution >= 4 is 5.97 Å². The standard InChI is InChI=1S/C12H21NO2/c1-12(2)3-5-13(6-4-12)10-7-9(8-10)11(14)15/h9-10H,3-8H2,1-2H3,(H,14,15). The Morgan fingerprint density at radius 2 is 1.80 bits per heavy atom. The zero-order valence-electron chi connectivity index (χ0n) is 9.70. The summed E-state index contributed by atoms with van der Waals surface area (Å²) in [4.78, 5) is 13.2. The SMILES string of the molecule is CC1(C)CCN(C2CC(C(=O)O)C2)CC1. The number of carboxylic acids is 1. The summed E-state index contributed by atoms with van der Waals surface area (Å²) in [7, 11) is 0. The monoisotopic (exact) mass is 211 g/mol. The Balaban J connectivity index is 1.77. The van der Waals surface area contributed by atoms with Gasteiger partial charge in [-0.2, -0.15) is 0 Å². The van der Waals surface area contributed by atoms with Gasteiger partial charge in [0.05, 0.1) is 5.92 Å². The number of piperidine rings is 1. The van der Waals surface area contributed by atoms with Crippen LogP contribution in [0.25, 0.3) is 0 Å². The van der Waals surface area contributed by atoms with Crippen molar-refractivity contribution in [3.63, 3.8) is 0 Å². The lowest BCUT2D eigenvalue weighted by molar-refractivity contribution is -0.147. The summed E-state index contributed by atoms with van der Waals surface area (Å²) in [6.45, 7) is 6.96. The minimum Gasteiger partial charge on any atom is -0.481 e. The van der Waals surface area contributed by atoms with Crippen LogP contribution in [0, 0.1) is 11.3 Å². The van der Waals surface area contributed by atoms with Crippen molar-refractivity contribution in [1.29, 1.82) is 0 Å². The average Bonchev–Trinajstić information content (AvgIpc) is 2.04. The molecule has 0 unspecified atom stereocenters. The highest BCUT2D eigenvalue weighted by atomic mass is 16.4. The highest BCUT2D eigenvalue weighted by molar-refractivity contribution is 5.71. The zero-order valence-corrected chi connectivity index (χ0v) is 9.70. The number of nitrogens with zero attached hydrogens (tertiary/aromatic N) is 1. The molecular formula is C12H21NO2. The molecule has 1 saturated carbocycles. The molecule has 3 heteroatoms. The van der Waals surface area contributed by atoms with Gasteiger partial charge in [-0.15, -0.1) is 0 Å². The van der Waals surface area contributed by atoms with Gasteiger partial charge in [-0.3, -0.25) is 4.79 Å². The van der Waals surface area contributed by atoms with E-state index in [4.69, 9.17) is 5.11 Å². The fourth-order valence-corrected chi connectivity index (χ4v) is 2.58. The van der Waals surface area contributed by atoms with Crippen LogP contribution in [0.1, 0.15) is 39.5 Å². The van der Waals surface area contributed by atoms with E-state index in [0.717, 1.165) is 25.9 Å². The Hall–Kier alpha value is -0.570. The third kappa shape index (κ3) is 2.33. The van der Waals surface area contributed by atoms with Crippen molar-refractivity contribution < 1.29 is 9.90 Å². The highest BCUT2D eigenvalue weighted by Gasteiger charge is 2.39. The maximum Gasteiger partial charge on any atom is 0.306 e. The van der Waals surface area contributed by atoms with Crippen LogP contribution in [0.4, 0.5) is 0 Å². The second kappa shape index (κ2) is 3.78. The summed E-state index contributed by atoms with van der Waals surface area (Å²) < 4.78 is 0. The van der Waals surface area contributed by atoms with E-state index in [2.05, 4.69) is 18.7 Å². The topological polar surface area (TPSA) is 40.5 Å². The first kappa shape index (κ1) is 10.9. The molecular weight excluding hydrogens is 190 g/mol. The first-order valence-corrected chi connectivity index (χ1v) is 5.95. The molecule has 0 amide bonds. The minimum absolute atomic E-state index is 0.0649. The number of likely N-dealkylation sites (tertiary alicyclic amines) is 1. The molecule has 1 heterocycles. The van der Waals surface area contributed by atoms with Gasteiger partial charge in [-0.1, -0.05) is 13.8 Å². The molecule has 1 aliphatic heterocycles. The molecule has 15 heavy (non-hydrogen) atoms. The van der Waals surface area contributed by atoms with Gasteiger partial charge in [0.15, 0.2) is 0 Å². The molecule has 0 aromatic heterocycles. The van der Waals surface area contributed by atoms with E-state index in [9.17, 15) is 4.79 Å². The fraction of sp³-hybridized carbons (Fsp3) is 0.917. The quantitative estimate of drug-likeness (QED) is 0.759. The van der Waals surface area contributed by atoms with E-state index in [1.54, 1.807) is 0 Å². The molecule has 1 aliphatic carbocycles.